The van der Waals surface area contributed by atoms with Crippen LogP contribution in [0.5, 0.6) is 5.75 Å². The third kappa shape index (κ3) is 2.55. The van der Waals surface area contributed by atoms with Crippen LogP contribution in [0.3, 0.4) is 0 Å². The van der Waals surface area contributed by atoms with E-state index in [9.17, 15) is 9.90 Å². The van der Waals surface area contributed by atoms with Crippen LogP contribution in [0.2, 0.25) is 0 Å². The number of nitriles is 1. The highest BCUT2D eigenvalue weighted by Crippen LogP contribution is 2.31. The van der Waals surface area contributed by atoms with Gasteiger partial charge in [0, 0.05) is 24.2 Å². The van der Waals surface area contributed by atoms with E-state index in [-0.39, 0.29) is 17.1 Å². The number of rotatable bonds is 1. The number of phenolic OH excluding ortho intramolecular Hbond substituents is 1. The molecule has 1 N–H and O–H groups in total. The Kier molecular flexibility index (Phi) is 3.48. The van der Waals surface area contributed by atoms with Gasteiger partial charge in [0.2, 0.25) is 0 Å². The SMILES string of the molecule is Cc1c(O)cccc1C(=O)N1CCC(C)(C#N)CC1. The van der Waals surface area contributed by atoms with Crippen molar-refractivity contribution in [2.75, 3.05) is 13.1 Å². The average Bonchev–Trinajstić information content (AvgIpc) is 2.42. The van der Waals surface area contributed by atoms with Crippen molar-refractivity contribution in [1.82, 2.24) is 4.90 Å². The van der Waals surface area contributed by atoms with E-state index in [0.29, 0.717) is 37.1 Å². The molecule has 0 radical (unpaired) electrons. The molecule has 0 saturated carbocycles. The summed E-state index contributed by atoms with van der Waals surface area (Å²) in [6.45, 7) is 4.87. The zero-order valence-electron chi connectivity index (χ0n) is 11.3. The number of aromatic hydroxyl groups is 1. The Hall–Kier alpha value is -2.02. The summed E-state index contributed by atoms with van der Waals surface area (Å²) in [6.07, 6.45) is 1.40. The number of phenols is 1. The first-order valence-electron chi connectivity index (χ1n) is 6.46. The largest absolute Gasteiger partial charge is 0.508 e. The molecule has 0 aromatic heterocycles. The van der Waals surface area contributed by atoms with Gasteiger partial charge in [0.1, 0.15) is 5.75 Å². The second kappa shape index (κ2) is 4.93. The van der Waals surface area contributed by atoms with E-state index in [1.807, 2.05) is 6.92 Å². The van der Waals surface area contributed by atoms with E-state index >= 15 is 0 Å². The highest BCUT2D eigenvalue weighted by atomic mass is 16.3. The molecule has 1 heterocycles. The van der Waals surface area contributed by atoms with Gasteiger partial charge >= 0.3 is 0 Å². The zero-order chi connectivity index (χ0) is 14.0. The fourth-order valence-corrected chi connectivity index (χ4v) is 2.34. The van der Waals surface area contributed by atoms with Gasteiger partial charge in [-0.15, -0.1) is 0 Å². The Morgan fingerprint density at radius 1 is 1.42 bits per heavy atom. The van der Waals surface area contributed by atoms with Gasteiger partial charge in [-0.1, -0.05) is 6.07 Å². The van der Waals surface area contributed by atoms with Crippen molar-refractivity contribution in [2.45, 2.75) is 26.7 Å². The average molecular weight is 258 g/mol. The number of carbonyl (C=O) groups excluding carboxylic acids is 1. The monoisotopic (exact) mass is 258 g/mol. The minimum absolute atomic E-state index is 0.0617. The number of piperidine rings is 1. The van der Waals surface area contributed by atoms with Crippen molar-refractivity contribution in [3.8, 4) is 11.8 Å². The summed E-state index contributed by atoms with van der Waals surface area (Å²) in [5.74, 6) is 0.0816. The standard InChI is InChI=1S/C15H18N2O2/c1-11-12(4-3-5-13(11)18)14(19)17-8-6-15(2,10-16)7-9-17/h3-5,18H,6-9H2,1-2H3. The smallest absolute Gasteiger partial charge is 0.254 e. The lowest BCUT2D eigenvalue weighted by molar-refractivity contribution is 0.0660. The summed E-state index contributed by atoms with van der Waals surface area (Å²) < 4.78 is 0. The number of hydrogen-bond acceptors (Lipinski definition) is 3. The molecule has 0 unspecified atom stereocenters. The lowest BCUT2D eigenvalue weighted by Gasteiger charge is -2.35. The molecule has 1 aliphatic rings. The predicted octanol–water partition coefficient (Wildman–Crippen LogP) is 2.47. The maximum Gasteiger partial charge on any atom is 0.254 e. The van der Waals surface area contributed by atoms with Gasteiger partial charge in [0.25, 0.3) is 5.91 Å². The quantitative estimate of drug-likeness (QED) is 0.841. The molecule has 0 spiro atoms. The van der Waals surface area contributed by atoms with Gasteiger partial charge < -0.3 is 10.0 Å². The second-order valence-electron chi connectivity index (χ2n) is 5.41. The zero-order valence-corrected chi connectivity index (χ0v) is 11.3. The molecule has 4 nitrogen and oxygen atoms in total. The van der Waals surface area contributed by atoms with Crippen LogP contribution in [0.15, 0.2) is 18.2 Å². The molecule has 19 heavy (non-hydrogen) atoms. The molecule has 1 aromatic rings. The summed E-state index contributed by atoms with van der Waals surface area (Å²) in [5.41, 5.74) is 0.840. The van der Waals surface area contributed by atoms with E-state index in [4.69, 9.17) is 5.26 Å². The lowest BCUT2D eigenvalue weighted by Crippen LogP contribution is -2.41. The Morgan fingerprint density at radius 3 is 2.63 bits per heavy atom. The fraction of sp³-hybridized carbons (Fsp3) is 0.467. The molecule has 1 aromatic carbocycles. The Bertz CT molecular complexity index is 538. The maximum absolute atomic E-state index is 12.4. The van der Waals surface area contributed by atoms with Crippen molar-refractivity contribution >= 4 is 5.91 Å². The molecule has 1 aliphatic heterocycles. The third-order valence-electron chi connectivity index (χ3n) is 3.96. The first-order valence-corrected chi connectivity index (χ1v) is 6.46. The third-order valence-corrected chi connectivity index (χ3v) is 3.96. The maximum atomic E-state index is 12.4. The summed E-state index contributed by atoms with van der Waals surface area (Å²) in [5, 5.41) is 18.7. The van der Waals surface area contributed by atoms with Crippen molar-refractivity contribution in [2.24, 2.45) is 5.41 Å². The van der Waals surface area contributed by atoms with Gasteiger partial charge in [-0.05, 0) is 38.8 Å². The van der Waals surface area contributed by atoms with Crippen LogP contribution >= 0.6 is 0 Å². The van der Waals surface area contributed by atoms with E-state index < -0.39 is 0 Å². The molecule has 2 rings (SSSR count). The Morgan fingerprint density at radius 2 is 2.05 bits per heavy atom. The minimum Gasteiger partial charge on any atom is -0.508 e. The normalized spacial score (nSPS) is 17.8. The van der Waals surface area contributed by atoms with Crippen LogP contribution in [0.1, 0.15) is 35.7 Å². The molecule has 0 bridgehead atoms. The van der Waals surface area contributed by atoms with Crippen molar-refractivity contribution in [1.29, 1.82) is 5.26 Å². The molecule has 1 amide bonds. The highest BCUT2D eigenvalue weighted by molar-refractivity contribution is 5.96. The van der Waals surface area contributed by atoms with Crippen molar-refractivity contribution < 1.29 is 9.90 Å². The summed E-state index contributed by atoms with van der Waals surface area (Å²) >= 11 is 0. The Balaban J connectivity index is 2.15. The van der Waals surface area contributed by atoms with E-state index in [1.165, 1.54) is 0 Å². The molecule has 0 aliphatic carbocycles. The van der Waals surface area contributed by atoms with E-state index in [1.54, 1.807) is 30.0 Å². The van der Waals surface area contributed by atoms with Gasteiger partial charge in [-0.2, -0.15) is 5.26 Å². The molecule has 1 saturated heterocycles. The first-order chi connectivity index (χ1) is 8.97. The topological polar surface area (TPSA) is 64.3 Å². The summed E-state index contributed by atoms with van der Waals surface area (Å²) in [7, 11) is 0. The Labute approximate surface area is 113 Å². The number of nitrogens with zero attached hydrogens (tertiary/aromatic N) is 2. The van der Waals surface area contributed by atoms with Crippen LogP contribution in [0.4, 0.5) is 0 Å². The molecule has 1 fully saturated rings. The second-order valence-corrected chi connectivity index (χ2v) is 5.41. The van der Waals surface area contributed by atoms with Gasteiger partial charge in [-0.3, -0.25) is 4.79 Å². The van der Waals surface area contributed by atoms with Gasteiger partial charge in [0.05, 0.1) is 11.5 Å². The minimum atomic E-state index is -0.315. The molecular formula is C15H18N2O2. The predicted molar refractivity (Wildman–Crippen MR) is 71.7 cm³/mol. The highest BCUT2D eigenvalue weighted by Gasteiger charge is 2.32. The number of hydrogen-bond donors (Lipinski definition) is 1. The molecule has 100 valence electrons. The van der Waals surface area contributed by atoms with Crippen molar-refractivity contribution in [3.05, 3.63) is 29.3 Å². The van der Waals surface area contributed by atoms with Crippen molar-refractivity contribution in [3.63, 3.8) is 0 Å². The number of likely N-dealkylation sites (tertiary alicyclic amines) is 1. The van der Waals surface area contributed by atoms with Crippen LogP contribution in [0, 0.1) is 23.7 Å². The van der Waals surface area contributed by atoms with Gasteiger partial charge in [-0.25, -0.2) is 0 Å². The van der Waals surface area contributed by atoms with E-state index in [2.05, 4.69) is 6.07 Å². The number of carbonyl (C=O) groups is 1. The number of benzene rings is 1. The first kappa shape index (κ1) is 13.4. The fourth-order valence-electron chi connectivity index (χ4n) is 2.34. The van der Waals surface area contributed by atoms with Crippen LogP contribution in [-0.2, 0) is 0 Å². The van der Waals surface area contributed by atoms with Crippen LogP contribution in [0.25, 0.3) is 0 Å². The molecule has 0 atom stereocenters. The summed E-state index contributed by atoms with van der Waals surface area (Å²) in [6, 6.07) is 7.31. The van der Waals surface area contributed by atoms with Crippen LogP contribution < -0.4 is 0 Å². The lowest BCUT2D eigenvalue weighted by atomic mass is 9.82. The van der Waals surface area contributed by atoms with E-state index in [0.717, 1.165) is 0 Å². The van der Waals surface area contributed by atoms with Gasteiger partial charge in [0.15, 0.2) is 0 Å². The summed E-state index contributed by atoms with van der Waals surface area (Å²) in [4.78, 5) is 14.2. The van der Waals surface area contributed by atoms with Crippen LogP contribution in [-0.4, -0.2) is 29.0 Å². The number of amides is 1. The molecular weight excluding hydrogens is 240 g/mol. The molecule has 4 heteroatoms.